The number of rotatable bonds is 3. The summed E-state index contributed by atoms with van der Waals surface area (Å²) >= 11 is 0. The first-order chi connectivity index (χ1) is 8.91. The summed E-state index contributed by atoms with van der Waals surface area (Å²) in [6.45, 7) is 2.30. The number of hydrogen-bond acceptors (Lipinski definition) is 4. The zero-order chi connectivity index (χ0) is 14.0. The van der Waals surface area contributed by atoms with Gasteiger partial charge in [0.15, 0.2) is 5.78 Å². The zero-order valence-corrected chi connectivity index (χ0v) is 11.7. The highest BCUT2D eigenvalue weighted by atomic mass is 32.2. The van der Waals surface area contributed by atoms with Crippen molar-refractivity contribution in [2.24, 2.45) is 5.73 Å². The summed E-state index contributed by atoms with van der Waals surface area (Å²) in [5, 5.41) is 0. The summed E-state index contributed by atoms with van der Waals surface area (Å²) in [5.74, 6) is -0.141. The molecule has 104 valence electrons. The van der Waals surface area contributed by atoms with Crippen LogP contribution in [0.3, 0.4) is 0 Å². The van der Waals surface area contributed by atoms with Gasteiger partial charge in [0.2, 0.25) is 10.0 Å². The van der Waals surface area contributed by atoms with Crippen LogP contribution < -0.4 is 5.73 Å². The highest BCUT2D eigenvalue weighted by molar-refractivity contribution is 7.89. The van der Waals surface area contributed by atoms with E-state index in [1.165, 1.54) is 23.4 Å². The Kier molecular flexibility index (Phi) is 4.03. The minimum atomic E-state index is -3.52. The van der Waals surface area contributed by atoms with Gasteiger partial charge in [-0.2, -0.15) is 4.31 Å². The molecule has 19 heavy (non-hydrogen) atoms. The average molecular weight is 282 g/mol. The minimum Gasteiger partial charge on any atom is -0.328 e. The summed E-state index contributed by atoms with van der Waals surface area (Å²) in [4.78, 5) is 11.5. The largest absolute Gasteiger partial charge is 0.328 e. The smallest absolute Gasteiger partial charge is 0.243 e. The van der Waals surface area contributed by atoms with Crippen molar-refractivity contribution < 1.29 is 13.2 Å². The predicted molar refractivity (Wildman–Crippen MR) is 72.4 cm³/mol. The lowest BCUT2D eigenvalue weighted by molar-refractivity contribution is 0.101. The molecular weight excluding hydrogens is 264 g/mol. The van der Waals surface area contributed by atoms with Crippen LogP contribution in [-0.4, -0.2) is 37.6 Å². The van der Waals surface area contributed by atoms with E-state index >= 15 is 0 Å². The Morgan fingerprint density at radius 3 is 2.53 bits per heavy atom. The number of carbonyl (C=O) groups excluding carboxylic acids is 1. The van der Waals surface area contributed by atoms with E-state index in [0.29, 0.717) is 31.5 Å². The van der Waals surface area contributed by atoms with Gasteiger partial charge in [-0.25, -0.2) is 8.42 Å². The quantitative estimate of drug-likeness (QED) is 0.839. The lowest BCUT2D eigenvalue weighted by Crippen LogP contribution is -2.42. The van der Waals surface area contributed by atoms with Crippen LogP contribution in [-0.2, 0) is 10.0 Å². The van der Waals surface area contributed by atoms with E-state index in [4.69, 9.17) is 5.73 Å². The van der Waals surface area contributed by atoms with E-state index in [2.05, 4.69) is 0 Å². The van der Waals surface area contributed by atoms with Gasteiger partial charge in [0.25, 0.3) is 0 Å². The number of carbonyl (C=O) groups is 1. The van der Waals surface area contributed by atoms with Gasteiger partial charge >= 0.3 is 0 Å². The predicted octanol–water partition coefficient (Wildman–Crippen LogP) is 1.00. The molecule has 0 aromatic heterocycles. The highest BCUT2D eigenvalue weighted by Crippen LogP contribution is 2.21. The molecule has 0 atom stereocenters. The monoisotopic (exact) mass is 282 g/mol. The van der Waals surface area contributed by atoms with Crippen molar-refractivity contribution in [1.82, 2.24) is 4.31 Å². The number of ketones is 1. The van der Waals surface area contributed by atoms with Crippen LogP contribution in [0.2, 0.25) is 0 Å². The van der Waals surface area contributed by atoms with E-state index in [0.717, 1.165) is 0 Å². The molecule has 1 saturated heterocycles. The van der Waals surface area contributed by atoms with Gasteiger partial charge in [0.05, 0.1) is 4.90 Å². The SMILES string of the molecule is CC(=O)c1cccc(S(=O)(=O)N2CCC(N)CC2)c1. The molecule has 0 bridgehead atoms. The summed E-state index contributed by atoms with van der Waals surface area (Å²) in [5.41, 5.74) is 6.19. The van der Waals surface area contributed by atoms with Crippen LogP contribution in [0, 0.1) is 0 Å². The third kappa shape index (κ3) is 3.02. The van der Waals surface area contributed by atoms with Gasteiger partial charge < -0.3 is 5.73 Å². The molecule has 2 rings (SSSR count). The topological polar surface area (TPSA) is 80.5 Å². The maximum absolute atomic E-state index is 12.4. The van der Waals surface area contributed by atoms with Crippen LogP contribution in [0.4, 0.5) is 0 Å². The Labute approximate surface area is 113 Å². The second-order valence-electron chi connectivity index (χ2n) is 4.83. The maximum atomic E-state index is 12.4. The van der Waals surface area contributed by atoms with E-state index in [1.807, 2.05) is 0 Å². The first-order valence-electron chi connectivity index (χ1n) is 6.28. The number of nitrogens with zero attached hydrogens (tertiary/aromatic N) is 1. The van der Waals surface area contributed by atoms with E-state index in [9.17, 15) is 13.2 Å². The summed E-state index contributed by atoms with van der Waals surface area (Å²) in [6, 6.07) is 6.25. The zero-order valence-electron chi connectivity index (χ0n) is 10.9. The third-order valence-corrected chi connectivity index (χ3v) is 5.27. The Hall–Kier alpha value is -1.24. The summed E-state index contributed by atoms with van der Waals surface area (Å²) in [6.07, 6.45) is 1.34. The summed E-state index contributed by atoms with van der Waals surface area (Å²) < 4.78 is 26.3. The van der Waals surface area contributed by atoms with Crippen LogP contribution in [0.15, 0.2) is 29.2 Å². The molecule has 6 heteroatoms. The van der Waals surface area contributed by atoms with E-state index in [1.54, 1.807) is 12.1 Å². The molecule has 5 nitrogen and oxygen atoms in total. The number of nitrogens with two attached hydrogens (primary N) is 1. The first kappa shape index (κ1) is 14.2. The van der Waals surface area contributed by atoms with Gasteiger partial charge in [0.1, 0.15) is 0 Å². The molecule has 2 N–H and O–H groups in total. The normalized spacial score (nSPS) is 18.4. The number of hydrogen-bond donors (Lipinski definition) is 1. The number of piperidine rings is 1. The number of benzene rings is 1. The van der Waals surface area contributed by atoms with Gasteiger partial charge in [-0.1, -0.05) is 12.1 Å². The molecule has 1 fully saturated rings. The third-order valence-electron chi connectivity index (χ3n) is 3.38. The van der Waals surface area contributed by atoms with E-state index < -0.39 is 10.0 Å². The van der Waals surface area contributed by atoms with Crippen molar-refractivity contribution in [3.63, 3.8) is 0 Å². The molecule has 1 aliphatic rings. The van der Waals surface area contributed by atoms with Crippen molar-refractivity contribution >= 4 is 15.8 Å². The van der Waals surface area contributed by atoms with Crippen molar-refractivity contribution in [2.75, 3.05) is 13.1 Å². The fourth-order valence-electron chi connectivity index (χ4n) is 2.14. The molecule has 1 heterocycles. The maximum Gasteiger partial charge on any atom is 0.243 e. The molecule has 1 aromatic carbocycles. The van der Waals surface area contributed by atoms with Crippen molar-refractivity contribution in [3.05, 3.63) is 29.8 Å². The fraction of sp³-hybridized carbons (Fsp3) is 0.462. The number of sulfonamides is 1. The standard InChI is InChI=1S/C13H18N2O3S/c1-10(16)11-3-2-4-13(9-11)19(17,18)15-7-5-12(14)6-8-15/h2-4,9,12H,5-8,14H2,1H3. The average Bonchev–Trinajstić information content (AvgIpc) is 2.39. The number of Topliss-reactive ketones (excluding diaryl/α,β-unsaturated/α-hetero) is 1. The Balaban J connectivity index is 2.29. The van der Waals surface area contributed by atoms with Crippen LogP contribution in [0.1, 0.15) is 30.1 Å². The second kappa shape index (κ2) is 5.40. The molecule has 0 saturated carbocycles. The highest BCUT2D eigenvalue weighted by Gasteiger charge is 2.28. The molecule has 0 amide bonds. The minimum absolute atomic E-state index is 0.0787. The van der Waals surface area contributed by atoms with Gasteiger partial charge in [-0.05, 0) is 31.9 Å². The summed E-state index contributed by atoms with van der Waals surface area (Å²) in [7, 11) is -3.52. The second-order valence-corrected chi connectivity index (χ2v) is 6.76. The fourth-order valence-corrected chi connectivity index (χ4v) is 3.66. The molecule has 0 unspecified atom stereocenters. The van der Waals surface area contributed by atoms with Crippen LogP contribution in [0.5, 0.6) is 0 Å². The molecule has 0 aliphatic carbocycles. The van der Waals surface area contributed by atoms with Gasteiger partial charge in [-0.3, -0.25) is 4.79 Å². The van der Waals surface area contributed by atoms with Crippen LogP contribution >= 0.6 is 0 Å². The van der Waals surface area contributed by atoms with Crippen molar-refractivity contribution in [3.8, 4) is 0 Å². The molecular formula is C13H18N2O3S. The molecule has 1 aliphatic heterocycles. The van der Waals surface area contributed by atoms with E-state index in [-0.39, 0.29) is 16.7 Å². The lowest BCUT2D eigenvalue weighted by Gasteiger charge is -2.29. The lowest BCUT2D eigenvalue weighted by atomic mass is 10.1. The Morgan fingerprint density at radius 1 is 1.32 bits per heavy atom. The van der Waals surface area contributed by atoms with Gasteiger partial charge in [-0.15, -0.1) is 0 Å². The van der Waals surface area contributed by atoms with Gasteiger partial charge in [0, 0.05) is 24.7 Å². The van der Waals surface area contributed by atoms with Crippen molar-refractivity contribution in [1.29, 1.82) is 0 Å². The first-order valence-corrected chi connectivity index (χ1v) is 7.72. The Morgan fingerprint density at radius 2 is 1.95 bits per heavy atom. The van der Waals surface area contributed by atoms with Crippen molar-refractivity contribution in [2.45, 2.75) is 30.7 Å². The molecule has 1 aromatic rings. The van der Waals surface area contributed by atoms with Crippen LogP contribution in [0.25, 0.3) is 0 Å². The molecule has 0 radical (unpaired) electrons. The Bertz CT molecular complexity index is 575. The molecule has 0 spiro atoms.